The number of phenols is 1. The molecule has 0 unspecified atom stereocenters. The van der Waals surface area contributed by atoms with Gasteiger partial charge in [0.1, 0.15) is 0 Å². The van der Waals surface area contributed by atoms with Crippen molar-refractivity contribution in [1.82, 2.24) is 5.32 Å². The monoisotopic (exact) mass is 262 g/mol. The SMILES string of the molecule is C/C=C(\N)NC(=O)C1(c2ccc(O)c(OC)c2)CC1. The van der Waals surface area contributed by atoms with Gasteiger partial charge in [-0.3, -0.25) is 4.79 Å². The van der Waals surface area contributed by atoms with Crippen LogP contribution in [0.25, 0.3) is 0 Å². The molecule has 5 heteroatoms. The minimum atomic E-state index is -0.547. The standard InChI is InChI=1S/C14H18N2O3/c1-3-12(15)16-13(18)14(6-7-14)9-4-5-10(17)11(8-9)19-2/h3-5,8,17H,6-7,15H2,1-2H3,(H,16,18)/b12-3+. The predicted molar refractivity (Wildman–Crippen MR) is 71.7 cm³/mol. The minimum Gasteiger partial charge on any atom is -0.504 e. The van der Waals surface area contributed by atoms with Crippen molar-refractivity contribution < 1.29 is 14.6 Å². The van der Waals surface area contributed by atoms with Gasteiger partial charge in [-0.1, -0.05) is 6.07 Å². The van der Waals surface area contributed by atoms with Gasteiger partial charge in [0.05, 0.1) is 18.3 Å². The Hall–Kier alpha value is -2.17. The summed E-state index contributed by atoms with van der Waals surface area (Å²) in [7, 11) is 1.48. The highest BCUT2D eigenvalue weighted by atomic mass is 16.5. The van der Waals surface area contributed by atoms with Crippen LogP contribution in [-0.4, -0.2) is 18.1 Å². The van der Waals surface area contributed by atoms with Gasteiger partial charge in [0, 0.05) is 0 Å². The smallest absolute Gasteiger partial charge is 0.236 e. The van der Waals surface area contributed by atoms with Gasteiger partial charge >= 0.3 is 0 Å². The van der Waals surface area contributed by atoms with Crippen LogP contribution in [0.4, 0.5) is 0 Å². The van der Waals surface area contributed by atoms with Crippen molar-refractivity contribution in [2.45, 2.75) is 25.2 Å². The summed E-state index contributed by atoms with van der Waals surface area (Å²) in [5.41, 5.74) is 5.91. The third-order valence-electron chi connectivity index (χ3n) is 3.49. The average Bonchev–Trinajstić information content (AvgIpc) is 3.20. The van der Waals surface area contributed by atoms with Crippen LogP contribution in [0, 0.1) is 0 Å². The lowest BCUT2D eigenvalue weighted by Crippen LogP contribution is -2.36. The molecule has 0 radical (unpaired) electrons. The molecule has 1 amide bonds. The van der Waals surface area contributed by atoms with E-state index in [1.54, 1.807) is 31.2 Å². The number of amides is 1. The second kappa shape index (κ2) is 4.84. The van der Waals surface area contributed by atoms with Gasteiger partial charge in [-0.2, -0.15) is 0 Å². The van der Waals surface area contributed by atoms with Gasteiger partial charge in [0.25, 0.3) is 0 Å². The van der Waals surface area contributed by atoms with Crippen molar-refractivity contribution in [1.29, 1.82) is 0 Å². The molecule has 102 valence electrons. The summed E-state index contributed by atoms with van der Waals surface area (Å²) < 4.78 is 5.07. The summed E-state index contributed by atoms with van der Waals surface area (Å²) >= 11 is 0. The predicted octanol–water partition coefficient (Wildman–Crippen LogP) is 1.37. The second-order valence-electron chi connectivity index (χ2n) is 4.67. The van der Waals surface area contributed by atoms with E-state index < -0.39 is 5.41 Å². The maximum absolute atomic E-state index is 12.2. The first-order valence-electron chi connectivity index (χ1n) is 6.14. The van der Waals surface area contributed by atoms with Crippen molar-refractivity contribution in [3.05, 3.63) is 35.7 Å². The molecular weight excluding hydrogens is 244 g/mol. The van der Waals surface area contributed by atoms with Gasteiger partial charge in [0.15, 0.2) is 11.5 Å². The molecule has 5 nitrogen and oxygen atoms in total. The molecule has 0 saturated heterocycles. The third-order valence-corrected chi connectivity index (χ3v) is 3.49. The van der Waals surface area contributed by atoms with Gasteiger partial charge in [-0.05, 0) is 43.5 Å². The van der Waals surface area contributed by atoms with E-state index >= 15 is 0 Å². The Morgan fingerprint density at radius 2 is 2.21 bits per heavy atom. The maximum Gasteiger partial charge on any atom is 0.236 e. The van der Waals surface area contributed by atoms with Crippen LogP contribution in [-0.2, 0) is 10.2 Å². The average molecular weight is 262 g/mol. The van der Waals surface area contributed by atoms with Gasteiger partial charge < -0.3 is 20.9 Å². The van der Waals surface area contributed by atoms with Crippen molar-refractivity contribution in [3.8, 4) is 11.5 Å². The van der Waals surface area contributed by atoms with E-state index in [1.165, 1.54) is 7.11 Å². The van der Waals surface area contributed by atoms with Crippen LogP contribution in [0.2, 0.25) is 0 Å². The summed E-state index contributed by atoms with van der Waals surface area (Å²) in [6.07, 6.45) is 3.18. The number of hydrogen-bond acceptors (Lipinski definition) is 4. The lowest BCUT2D eigenvalue weighted by molar-refractivity contribution is -0.122. The van der Waals surface area contributed by atoms with Crippen molar-refractivity contribution in [3.63, 3.8) is 0 Å². The molecule has 0 heterocycles. The Morgan fingerprint density at radius 1 is 1.53 bits per heavy atom. The lowest BCUT2D eigenvalue weighted by atomic mass is 9.94. The molecule has 4 N–H and O–H groups in total. The number of carbonyl (C=O) groups excluding carboxylic acids is 1. The molecule has 0 aliphatic heterocycles. The number of aromatic hydroxyl groups is 1. The number of allylic oxidation sites excluding steroid dienone is 1. The number of phenolic OH excluding ortho intramolecular Hbond substituents is 1. The first-order chi connectivity index (χ1) is 9.03. The van der Waals surface area contributed by atoms with Crippen LogP contribution in [0.15, 0.2) is 30.1 Å². The number of rotatable bonds is 4. The van der Waals surface area contributed by atoms with Crippen LogP contribution >= 0.6 is 0 Å². The fourth-order valence-electron chi connectivity index (χ4n) is 2.07. The summed E-state index contributed by atoms with van der Waals surface area (Å²) in [6, 6.07) is 4.99. The van der Waals surface area contributed by atoms with E-state index in [2.05, 4.69) is 5.32 Å². The first kappa shape index (κ1) is 13.3. The Bertz CT molecular complexity index is 533. The van der Waals surface area contributed by atoms with Gasteiger partial charge in [-0.25, -0.2) is 0 Å². The molecule has 1 aliphatic rings. The maximum atomic E-state index is 12.2. The van der Waals surface area contributed by atoms with E-state index in [9.17, 15) is 9.90 Å². The largest absolute Gasteiger partial charge is 0.504 e. The van der Waals surface area contributed by atoms with Crippen LogP contribution in [0.3, 0.4) is 0 Å². The summed E-state index contributed by atoms with van der Waals surface area (Å²) in [5, 5.41) is 12.3. The Morgan fingerprint density at radius 3 is 2.74 bits per heavy atom. The number of nitrogens with one attached hydrogen (secondary N) is 1. The molecule has 1 saturated carbocycles. The number of benzene rings is 1. The molecule has 0 bridgehead atoms. The molecule has 19 heavy (non-hydrogen) atoms. The first-order valence-corrected chi connectivity index (χ1v) is 6.14. The molecule has 2 rings (SSSR count). The molecule has 0 atom stereocenters. The molecule has 0 aromatic heterocycles. The van der Waals surface area contributed by atoms with E-state index in [4.69, 9.17) is 10.5 Å². The minimum absolute atomic E-state index is 0.0652. The number of carbonyl (C=O) groups is 1. The summed E-state index contributed by atoms with van der Waals surface area (Å²) in [5.74, 6) is 0.670. The highest BCUT2D eigenvalue weighted by molar-refractivity contribution is 5.92. The number of nitrogens with two attached hydrogens (primary N) is 1. The third kappa shape index (κ3) is 2.36. The highest BCUT2D eigenvalue weighted by Gasteiger charge is 2.51. The number of hydrogen-bond donors (Lipinski definition) is 3. The molecule has 1 fully saturated rings. The Kier molecular flexibility index (Phi) is 3.38. The van der Waals surface area contributed by atoms with Crippen molar-refractivity contribution in [2.75, 3.05) is 7.11 Å². The van der Waals surface area contributed by atoms with Gasteiger partial charge in [0.2, 0.25) is 5.91 Å². The molecule has 1 aliphatic carbocycles. The van der Waals surface area contributed by atoms with E-state index in [0.29, 0.717) is 11.6 Å². The zero-order valence-corrected chi connectivity index (χ0v) is 11.1. The van der Waals surface area contributed by atoms with Crippen molar-refractivity contribution in [2.24, 2.45) is 5.73 Å². The Balaban J connectivity index is 2.28. The quantitative estimate of drug-likeness (QED) is 0.765. The number of ether oxygens (including phenoxy) is 1. The van der Waals surface area contributed by atoms with Crippen LogP contribution in [0.5, 0.6) is 11.5 Å². The van der Waals surface area contributed by atoms with Crippen molar-refractivity contribution >= 4 is 5.91 Å². The van der Waals surface area contributed by atoms with Crippen LogP contribution < -0.4 is 15.8 Å². The second-order valence-corrected chi connectivity index (χ2v) is 4.67. The highest BCUT2D eigenvalue weighted by Crippen LogP contribution is 2.50. The normalized spacial score (nSPS) is 16.8. The topological polar surface area (TPSA) is 84.6 Å². The molecular formula is C14H18N2O3. The lowest BCUT2D eigenvalue weighted by Gasteiger charge is -2.17. The molecule has 1 aromatic carbocycles. The number of methoxy groups -OCH3 is 1. The fourth-order valence-corrected chi connectivity index (χ4v) is 2.07. The summed E-state index contributed by atoms with van der Waals surface area (Å²) in [4.78, 5) is 12.2. The van der Waals surface area contributed by atoms with Crippen LogP contribution in [0.1, 0.15) is 25.3 Å². The fraction of sp³-hybridized carbons (Fsp3) is 0.357. The summed E-state index contributed by atoms with van der Waals surface area (Å²) in [6.45, 7) is 1.76. The molecule has 1 aromatic rings. The molecule has 0 spiro atoms. The zero-order chi connectivity index (χ0) is 14.0. The van der Waals surface area contributed by atoms with Gasteiger partial charge in [-0.15, -0.1) is 0 Å². The van der Waals surface area contributed by atoms with E-state index in [1.807, 2.05) is 0 Å². The Labute approximate surface area is 112 Å². The van der Waals surface area contributed by atoms with E-state index in [-0.39, 0.29) is 11.7 Å². The van der Waals surface area contributed by atoms with E-state index in [0.717, 1.165) is 18.4 Å². The zero-order valence-electron chi connectivity index (χ0n) is 11.1.